The van der Waals surface area contributed by atoms with Gasteiger partial charge in [0.25, 0.3) is 5.91 Å². The number of rotatable bonds is 4. The highest BCUT2D eigenvalue weighted by Crippen LogP contribution is 2.55. The van der Waals surface area contributed by atoms with Crippen LogP contribution in [0.15, 0.2) is 66.7 Å². The molecule has 1 atom stereocenters. The first-order chi connectivity index (χ1) is 16.4. The third-order valence-electron chi connectivity index (χ3n) is 6.01. The van der Waals surface area contributed by atoms with Crippen LogP contribution in [0, 0.1) is 0 Å². The predicted molar refractivity (Wildman–Crippen MR) is 137 cm³/mol. The molecule has 1 N–H and O–H groups in total. The largest absolute Gasteiger partial charge is 0.497 e. The summed E-state index contributed by atoms with van der Waals surface area (Å²) in [5, 5.41) is 4.01. The number of amides is 3. The van der Waals surface area contributed by atoms with Crippen molar-refractivity contribution in [2.45, 2.75) is 11.4 Å². The van der Waals surface area contributed by atoms with Crippen LogP contribution in [0.3, 0.4) is 0 Å². The van der Waals surface area contributed by atoms with E-state index >= 15 is 0 Å². The summed E-state index contributed by atoms with van der Waals surface area (Å²) in [6, 6.07) is 19.5. The fraction of sp³-hybridized carbons (Fsp3) is 0.200. The number of nitrogens with one attached hydrogen (secondary N) is 1. The maximum atomic E-state index is 14.1. The third kappa shape index (κ3) is 3.78. The summed E-state index contributed by atoms with van der Waals surface area (Å²) in [6.07, 6.45) is 0. The average Bonchev–Trinajstić information content (AvgIpc) is 3.38. The van der Waals surface area contributed by atoms with E-state index in [4.69, 9.17) is 27.9 Å². The number of benzene rings is 3. The molecule has 0 saturated carbocycles. The topological polar surface area (TPSA) is 61.9 Å². The van der Waals surface area contributed by atoms with E-state index in [9.17, 15) is 9.59 Å². The van der Waals surface area contributed by atoms with Crippen molar-refractivity contribution < 1.29 is 14.3 Å². The van der Waals surface area contributed by atoms with Crippen molar-refractivity contribution >= 4 is 58.3 Å². The quantitative estimate of drug-likeness (QED) is 0.465. The Morgan fingerprint density at radius 2 is 1.94 bits per heavy atom. The predicted octanol–water partition coefficient (Wildman–Crippen LogP) is 5.98. The minimum Gasteiger partial charge on any atom is -0.497 e. The first kappa shape index (κ1) is 22.9. The van der Waals surface area contributed by atoms with Crippen molar-refractivity contribution in [3.05, 3.63) is 87.9 Å². The Balaban J connectivity index is 1.53. The summed E-state index contributed by atoms with van der Waals surface area (Å²) in [4.78, 5) is 29.6. The number of carbonyl (C=O) groups excluding carboxylic acids is 2. The molecule has 6 nitrogen and oxygen atoms in total. The Bertz CT molecular complexity index is 1290. The number of fused-ring (bicyclic) bond motifs is 2. The molecule has 2 aliphatic heterocycles. The summed E-state index contributed by atoms with van der Waals surface area (Å²) in [5.74, 6) is 1.06. The number of ether oxygens (including phenoxy) is 1. The Hall–Kier alpha value is -2.87. The lowest BCUT2D eigenvalue weighted by molar-refractivity contribution is -0.123. The molecule has 2 heterocycles. The molecular formula is C25H21Cl2N3O3S. The van der Waals surface area contributed by atoms with Crippen LogP contribution in [-0.2, 0) is 16.2 Å². The first-order valence-electron chi connectivity index (χ1n) is 10.7. The Morgan fingerprint density at radius 3 is 2.74 bits per heavy atom. The molecule has 1 spiro atoms. The highest BCUT2D eigenvalue weighted by Gasteiger charge is 2.59. The van der Waals surface area contributed by atoms with Gasteiger partial charge < -0.3 is 15.0 Å². The molecule has 34 heavy (non-hydrogen) atoms. The van der Waals surface area contributed by atoms with Gasteiger partial charge in [-0.15, -0.1) is 11.8 Å². The van der Waals surface area contributed by atoms with Crippen LogP contribution in [0.1, 0.15) is 11.1 Å². The first-order valence-corrected chi connectivity index (χ1v) is 12.4. The lowest BCUT2D eigenvalue weighted by Crippen LogP contribution is -2.51. The molecule has 0 aliphatic carbocycles. The van der Waals surface area contributed by atoms with E-state index in [1.165, 1.54) is 11.8 Å². The SMILES string of the molecule is COc1cccc(NC(=O)N2CCS[C@@]23C(=O)N(Cc2ccccc2Cl)c2ccc(Cl)cc23)c1. The molecular weight excluding hydrogens is 493 g/mol. The van der Waals surface area contributed by atoms with Crippen LogP contribution in [0.25, 0.3) is 0 Å². The summed E-state index contributed by atoms with van der Waals surface area (Å²) in [7, 11) is 1.57. The molecule has 0 bridgehead atoms. The number of nitrogens with zero attached hydrogens (tertiary/aromatic N) is 2. The molecule has 174 valence electrons. The number of anilines is 2. The summed E-state index contributed by atoms with van der Waals surface area (Å²) >= 11 is 14.2. The van der Waals surface area contributed by atoms with Gasteiger partial charge in [-0.3, -0.25) is 9.69 Å². The molecule has 3 aromatic carbocycles. The molecule has 9 heteroatoms. The zero-order valence-corrected chi connectivity index (χ0v) is 20.6. The van der Waals surface area contributed by atoms with Gasteiger partial charge in [-0.2, -0.15) is 0 Å². The van der Waals surface area contributed by atoms with Crippen molar-refractivity contribution in [3.8, 4) is 5.75 Å². The molecule has 5 rings (SSSR count). The van der Waals surface area contributed by atoms with Crippen LogP contribution in [0.5, 0.6) is 5.75 Å². The van der Waals surface area contributed by atoms with E-state index in [-0.39, 0.29) is 11.9 Å². The maximum absolute atomic E-state index is 14.1. The number of hydrogen-bond acceptors (Lipinski definition) is 4. The van der Waals surface area contributed by atoms with Gasteiger partial charge in [-0.1, -0.05) is 47.5 Å². The normalized spacial score (nSPS) is 19.0. The van der Waals surface area contributed by atoms with Crippen LogP contribution in [0.2, 0.25) is 10.0 Å². The molecule has 3 aromatic rings. The van der Waals surface area contributed by atoms with Gasteiger partial charge in [-0.25, -0.2) is 4.79 Å². The number of thioether (sulfide) groups is 1. The summed E-state index contributed by atoms with van der Waals surface area (Å²) in [6.45, 7) is 0.707. The second-order valence-electron chi connectivity index (χ2n) is 7.95. The highest BCUT2D eigenvalue weighted by atomic mass is 35.5. The number of methoxy groups -OCH3 is 1. The lowest BCUT2D eigenvalue weighted by Gasteiger charge is -2.33. The van der Waals surface area contributed by atoms with E-state index in [1.807, 2.05) is 24.3 Å². The van der Waals surface area contributed by atoms with Gasteiger partial charge in [0.1, 0.15) is 5.75 Å². The minimum absolute atomic E-state index is 0.187. The molecule has 0 aromatic heterocycles. The van der Waals surface area contributed by atoms with Crippen LogP contribution >= 0.6 is 35.0 Å². The average molecular weight is 514 g/mol. The summed E-state index contributed by atoms with van der Waals surface area (Å²) < 4.78 is 5.26. The fourth-order valence-corrected chi connectivity index (χ4v) is 6.25. The van der Waals surface area contributed by atoms with Crippen molar-refractivity contribution in [1.29, 1.82) is 0 Å². The smallest absolute Gasteiger partial charge is 0.323 e. The van der Waals surface area contributed by atoms with E-state index in [1.54, 1.807) is 59.4 Å². The minimum atomic E-state index is -1.20. The van der Waals surface area contributed by atoms with Gasteiger partial charge >= 0.3 is 6.03 Å². The van der Waals surface area contributed by atoms with Gasteiger partial charge in [0.2, 0.25) is 0 Å². The third-order valence-corrected chi connectivity index (χ3v) is 8.03. The molecule has 2 aliphatic rings. The molecule has 1 saturated heterocycles. The molecule has 3 amide bonds. The van der Waals surface area contributed by atoms with Crippen molar-refractivity contribution in [2.75, 3.05) is 29.6 Å². The zero-order valence-electron chi connectivity index (χ0n) is 18.3. The number of hydrogen-bond donors (Lipinski definition) is 1. The van der Waals surface area contributed by atoms with Crippen LogP contribution in [0.4, 0.5) is 16.2 Å². The van der Waals surface area contributed by atoms with Gasteiger partial charge in [0.05, 0.1) is 19.3 Å². The maximum Gasteiger partial charge on any atom is 0.323 e. The van der Waals surface area contributed by atoms with Crippen LogP contribution < -0.4 is 15.0 Å². The standard InChI is InChI=1S/C25H21Cl2N3O3S/c1-33-19-7-4-6-18(14-19)28-24(32)30-11-12-34-25(30)20-13-17(26)9-10-22(20)29(23(25)31)15-16-5-2-3-8-21(16)27/h2-10,13-14H,11-12,15H2,1H3,(H,28,32)/t25-/m0/s1. The molecule has 0 unspecified atom stereocenters. The highest BCUT2D eigenvalue weighted by molar-refractivity contribution is 8.01. The van der Waals surface area contributed by atoms with E-state index in [2.05, 4.69) is 5.32 Å². The monoisotopic (exact) mass is 513 g/mol. The van der Waals surface area contributed by atoms with Gasteiger partial charge in [0, 0.05) is 39.7 Å². The second-order valence-corrected chi connectivity index (χ2v) is 10.1. The Morgan fingerprint density at radius 1 is 1.12 bits per heavy atom. The fourth-order valence-electron chi connectivity index (χ4n) is 4.43. The van der Waals surface area contributed by atoms with Crippen molar-refractivity contribution in [2.24, 2.45) is 0 Å². The lowest BCUT2D eigenvalue weighted by atomic mass is 10.1. The van der Waals surface area contributed by atoms with Crippen LogP contribution in [-0.4, -0.2) is 36.2 Å². The Labute approximate surface area is 211 Å². The number of urea groups is 1. The molecule has 0 radical (unpaired) electrons. The zero-order chi connectivity index (χ0) is 23.9. The second kappa shape index (κ2) is 9.06. The summed E-state index contributed by atoms with van der Waals surface area (Å²) in [5.41, 5.74) is 2.84. The number of halogens is 2. The van der Waals surface area contributed by atoms with Gasteiger partial charge in [0.15, 0.2) is 4.87 Å². The number of carbonyl (C=O) groups is 2. The van der Waals surface area contributed by atoms with E-state index in [0.717, 1.165) is 11.3 Å². The van der Waals surface area contributed by atoms with Crippen molar-refractivity contribution in [3.63, 3.8) is 0 Å². The van der Waals surface area contributed by atoms with E-state index in [0.29, 0.717) is 45.9 Å². The Kier molecular flexibility index (Phi) is 6.10. The van der Waals surface area contributed by atoms with Crippen molar-refractivity contribution in [1.82, 2.24) is 4.90 Å². The van der Waals surface area contributed by atoms with Gasteiger partial charge in [-0.05, 0) is 42.0 Å². The molecule has 1 fully saturated rings. The van der Waals surface area contributed by atoms with E-state index < -0.39 is 4.87 Å².